The number of hydrogen-bond acceptors (Lipinski definition) is 1. The zero-order valence-corrected chi connectivity index (χ0v) is 13.5. The molecule has 3 aromatic rings. The smallest absolute Gasteiger partial charge is 0.256 e. The summed E-state index contributed by atoms with van der Waals surface area (Å²) in [5, 5.41) is 4.09. The van der Waals surface area contributed by atoms with Gasteiger partial charge < -0.3 is 10.3 Å². The predicted octanol–water partition coefficient (Wildman–Crippen LogP) is 4.73. The molecule has 0 spiro atoms. The van der Waals surface area contributed by atoms with Crippen molar-refractivity contribution in [2.45, 2.75) is 6.92 Å². The number of halogens is 1. The zero-order chi connectivity index (χ0) is 15.3. The molecule has 22 heavy (non-hydrogen) atoms. The SMILES string of the molecule is Cc1c(/C=C2\C(=O)Nc3ccc(Br)cc32)[nH]c2ccccc12. The average Bonchev–Trinajstić information content (AvgIpc) is 2.99. The molecule has 2 N–H and O–H groups in total. The van der Waals surface area contributed by atoms with Crippen LogP contribution < -0.4 is 5.32 Å². The highest BCUT2D eigenvalue weighted by Crippen LogP contribution is 2.35. The Morgan fingerprint density at radius 2 is 1.95 bits per heavy atom. The first-order chi connectivity index (χ1) is 10.6. The molecule has 1 aromatic heterocycles. The third-order valence-corrected chi connectivity index (χ3v) is 4.55. The minimum atomic E-state index is -0.0637. The molecule has 4 heteroatoms. The first-order valence-corrected chi connectivity index (χ1v) is 7.83. The van der Waals surface area contributed by atoms with Crippen molar-refractivity contribution in [3.63, 3.8) is 0 Å². The molecule has 108 valence electrons. The van der Waals surface area contributed by atoms with E-state index in [0.717, 1.165) is 32.5 Å². The molecular weight excluding hydrogens is 340 g/mol. The number of aryl methyl sites for hydroxylation is 1. The minimum absolute atomic E-state index is 0.0637. The number of aromatic amines is 1. The number of anilines is 1. The van der Waals surface area contributed by atoms with Crippen molar-refractivity contribution in [1.29, 1.82) is 0 Å². The summed E-state index contributed by atoms with van der Waals surface area (Å²) in [7, 11) is 0. The molecule has 2 aromatic carbocycles. The molecule has 4 rings (SSSR count). The van der Waals surface area contributed by atoms with Crippen LogP contribution in [0.4, 0.5) is 5.69 Å². The number of para-hydroxylation sites is 1. The normalized spacial score (nSPS) is 15.4. The van der Waals surface area contributed by atoms with E-state index in [1.54, 1.807) is 0 Å². The first-order valence-electron chi connectivity index (χ1n) is 7.04. The van der Waals surface area contributed by atoms with Crippen molar-refractivity contribution in [3.05, 3.63) is 63.8 Å². The van der Waals surface area contributed by atoms with Gasteiger partial charge in [0.05, 0.1) is 5.57 Å². The summed E-state index contributed by atoms with van der Waals surface area (Å²) in [5.74, 6) is -0.0637. The van der Waals surface area contributed by atoms with Crippen LogP contribution in [0.25, 0.3) is 22.6 Å². The number of amides is 1. The zero-order valence-electron chi connectivity index (χ0n) is 11.9. The average molecular weight is 353 g/mol. The van der Waals surface area contributed by atoms with Gasteiger partial charge in [-0.1, -0.05) is 34.1 Å². The molecule has 0 saturated heterocycles. The van der Waals surface area contributed by atoms with Gasteiger partial charge in [0, 0.05) is 32.3 Å². The lowest BCUT2D eigenvalue weighted by Crippen LogP contribution is -2.03. The maximum atomic E-state index is 12.3. The molecule has 0 fully saturated rings. The van der Waals surface area contributed by atoms with Gasteiger partial charge >= 0.3 is 0 Å². The molecular formula is C18H13BrN2O. The lowest BCUT2D eigenvalue weighted by molar-refractivity contribution is -0.110. The summed E-state index contributed by atoms with van der Waals surface area (Å²) in [6.07, 6.45) is 1.93. The largest absolute Gasteiger partial charge is 0.355 e. The van der Waals surface area contributed by atoms with Crippen LogP contribution in [0, 0.1) is 6.92 Å². The summed E-state index contributed by atoms with van der Waals surface area (Å²) >= 11 is 3.47. The number of carbonyl (C=O) groups is 1. The van der Waals surface area contributed by atoms with E-state index in [2.05, 4.69) is 39.2 Å². The Morgan fingerprint density at radius 1 is 1.14 bits per heavy atom. The highest BCUT2D eigenvalue weighted by atomic mass is 79.9. The number of benzene rings is 2. The van der Waals surface area contributed by atoms with E-state index in [9.17, 15) is 4.79 Å². The number of fused-ring (bicyclic) bond motifs is 2. The van der Waals surface area contributed by atoms with Gasteiger partial charge in [-0.05, 0) is 42.8 Å². The van der Waals surface area contributed by atoms with Crippen LogP contribution in [0.5, 0.6) is 0 Å². The lowest BCUT2D eigenvalue weighted by Gasteiger charge is -1.99. The Morgan fingerprint density at radius 3 is 2.77 bits per heavy atom. The fourth-order valence-corrected chi connectivity index (χ4v) is 3.26. The van der Waals surface area contributed by atoms with E-state index in [1.807, 2.05) is 42.5 Å². The topological polar surface area (TPSA) is 44.9 Å². The fourth-order valence-electron chi connectivity index (χ4n) is 2.90. The monoisotopic (exact) mass is 352 g/mol. The van der Waals surface area contributed by atoms with Crippen LogP contribution in [-0.2, 0) is 4.79 Å². The van der Waals surface area contributed by atoms with Crippen molar-refractivity contribution in [2.75, 3.05) is 5.32 Å². The molecule has 0 saturated carbocycles. The Hall–Kier alpha value is -2.33. The second-order valence-electron chi connectivity index (χ2n) is 5.41. The number of carbonyl (C=O) groups excluding carboxylic acids is 1. The summed E-state index contributed by atoms with van der Waals surface area (Å²) in [5.41, 5.74) is 5.68. The Labute approximate surface area is 136 Å². The van der Waals surface area contributed by atoms with E-state index >= 15 is 0 Å². The summed E-state index contributed by atoms with van der Waals surface area (Å²) < 4.78 is 0.960. The molecule has 1 amide bonds. The molecule has 1 aliphatic heterocycles. The summed E-state index contributed by atoms with van der Waals surface area (Å²) in [6, 6.07) is 14.0. The highest BCUT2D eigenvalue weighted by molar-refractivity contribution is 9.10. The van der Waals surface area contributed by atoms with Gasteiger partial charge in [0.2, 0.25) is 0 Å². The Kier molecular flexibility index (Phi) is 2.94. The van der Waals surface area contributed by atoms with Gasteiger partial charge in [0.25, 0.3) is 5.91 Å². The van der Waals surface area contributed by atoms with Crippen molar-refractivity contribution in [3.8, 4) is 0 Å². The summed E-state index contributed by atoms with van der Waals surface area (Å²) in [4.78, 5) is 15.7. The molecule has 1 aliphatic rings. The summed E-state index contributed by atoms with van der Waals surface area (Å²) in [6.45, 7) is 2.07. The third kappa shape index (κ3) is 1.99. The number of H-pyrrole nitrogens is 1. The fraction of sp³-hybridized carbons (Fsp3) is 0.0556. The molecule has 0 radical (unpaired) electrons. The van der Waals surface area contributed by atoms with Gasteiger partial charge in [-0.2, -0.15) is 0 Å². The lowest BCUT2D eigenvalue weighted by atomic mass is 10.0. The quantitative estimate of drug-likeness (QED) is 0.611. The molecule has 3 nitrogen and oxygen atoms in total. The molecule has 2 heterocycles. The predicted molar refractivity (Wildman–Crippen MR) is 93.7 cm³/mol. The van der Waals surface area contributed by atoms with Crippen molar-refractivity contribution >= 4 is 50.1 Å². The Balaban J connectivity index is 1.91. The molecule has 0 atom stereocenters. The van der Waals surface area contributed by atoms with Crippen molar-refractivity contribution in [1.82, 2.24) is 4.98 Å². The maximum absolute atomic E-state index is 12.3. The molecule has 0 aliphatic carbocycles. The van der Waals surface area contributed by atoms with Crippen molar-refractivity contribution in [2.24, 2.45) is 0 Å². The first kappa shape index (κ1) is 13.3. The van der Waals surface area contributed by atoms with Gasteiger partial charge in [-0.25, -0.2) is 0 Å². The minimum Gasteiger partial charge on any atom is -0.355 e. The number of hydrogen-bond donors (Lipinski definition) is 2. The van der Waals surface area contributed by atoms with Gasteiger partial charge in [-0.3, -0.25) is 4.79 Å². The van der Waals surface area contributed by atoms with Crippen LogP contribution in [0.2, 0.25) is 0 Å². The maximum Gasteiger partial charge on any atom is 0.256 e. The van der Waals surface area contributed by atoms with Crippen LogP contribution in [0.1, 0.15) is 16.8 Å². The van der Waals surface area contributed by atoms with Crippen LogP contribution in [0.15, 0.2) is 46.9 Å². The number of nitrogens with one attached hydrogen (secondary N) is 2. The van der Waals surface area contributed by atoms with Crippen LogP contribution >= 0.6 is 15.9 Å². The second kappa shape index (κ2) is 4.85. The second-order valence-corrected chi connectivity index (χ2v) is 6.33. The van der Waals surface area contributed by atoms with E-state index in [-0.39, 0.29) is 5.91 Å². The third-order valence-electron chi connectivity index (χ3n) is 4.06. The van der Waals surface area contributed by atoms with Gasteiger partial charge in [0.15, 0.2) is 0 Å². The van der Waals surface area contributed by atoms with Crippen LogP contribution in [-0.4, -0.2) is 10.9 Å². The van der Waals surface area contributed by atoms with Gasteiger partial charge in [-0.15, -0.1) is 0 Å². The standard InChI is InChI=1S/C18H13BrN2O/c1-10-12-4-2-3-5-15(12)20-17(10)9-14-13-8-11(19)6-7-16(13)21-18(14)22/h2-9,20H,1H3,(H,21,22)/b14-9-. The van der Waals surface area contributed by atoms with E-state index < -0.39 is 0 Å². The van der Waals surface area contributed by atoms with Crippen molar-refractivity contribution < 1.29 is 4.79 Å². The molecule has 0 bridgehead atoms. The Bertz CT molecular complexity index is 953. The highest BCUT2D eigenvalue weighted by Gasteiger charge is 2.24. The van der Waals surface area contributed by atoms with E-state index in [0.29, 0.717) is 5.57 Å². The number of aromatic nitrogens is 1. The number of rotatable bonds is 1. The van der Waals surface area contributed by atoms with Crippen LogP contribution in [0.3, 0.4) is 0 Å². The van der Waals surface area contributed by atoms with E-state index in [4.69, 9.17) is 0 Å². The van der Waals surface area contributed by atoms with Gasteiger partial charge in [0.1, 0.15) is 0 Å². The van der Waals surface area contributed by atoms with E-state index in [1.165, 1.54) is 5.39 Å². The molecule has 0 unspecified atom stereocenters.